The van der Waals surface area contributed by atoms with Crippen molar-refractivity contribution in [2.75, 3.05) is 6.54 Å². The van der Waals surface area contributed by atoms with Gasteiger partial charge in [-0.15, -0.1) is 0 Å². The second kappa shape index (κ2) is 2.88. The maximum Gasteiger partial charge on any atom is 0.0334 e. The molecule has 0 saturated heterocycles. The van der Waals surface area contributed by atoms with E-state index in [1.807, 2.05) is 0 Å². The Kier molecular flexibility index (Phi) is 1.57. The molecule has 1 N–H and O–H groups in total. The van der Waals surface area contributed by atoms with Crippen molar-refractivity contribution < 1.29 is 0 Å². The monoisotopic (exact) mass is 181 g/mol. The number of hydrogen-bond donors (Lipinski definition) is 1. The van der Waals surface area contributed by atoms with Gasteiger partial charge in [-0.1, -0.05) is 42.5 Å². The van der Waals surface area contributed by atoms with Gasteiger partial charge in [0.1, 0.15) is 0 Å². The summed E-state index contributed by atoms with van der Waals surface area (Å²) in [4.78, 5) is 0. The molecule has 2 aromatic carbocycles. The predicted molar refractivity (Wildman–Crippen MR) is 60.1 cm³/mol. The van der Waals surface area contributed by atoms with Crippen LogP contribution in [0.5, 0.6) is 0 Å². The first kappa shape index (κ1) is 7.63. The minimum atomic E-state index is 0.932. The van der Waals surface area contributed by atoms with Gasteiger partial charge in [-0.3, -0.25) is 0 Å². The molecule has 0 radical (unpaired) electrons. The van der Waals surface area contributed by atoms with Crippen LogP contribution in [0.25, 0.3) is 23.0 Å². The van der Waals surface area contributed by atoms with Gasteiger partial charge >= 0.3 is 0 Å². The summed E-state index contributed by atoms with van der Waals surface area (Å²) >= 11 is 0. The van der Waals surface area contributed by atoms with Crippen LogP contribution >= 0.6 is 0 Å². The van der Waals surface area contributed by atoms with Gasteiger partial charge in [0.25, 0.3) is 0 Å². The lowest BCUT2D eigenvalue weighted by Crippen LogP contribution is -2.33. The Morgan fingerprint density at radius 1 is 1.00 bits per heavy atom. The molecule has 0 bridgehead atoms. The van der Waals surface area contributed by atoms with Crippen molar-refractivity contribution in [2.45, 2.75) is 0 Å². The highest BCUT2D eigenvalue weighted by Gasteiger charge is 1.97. The molecular weight excluding hydrogens is 170 g/mol. The van der Waals surface area contributed by atoms with E-state index in [1.54, 1.807) is 0 Å². The second-order valence-corrected chi connectivity index (χ2v) is 3.55. The molecule has 3 rings (SSSR count). The molecule has 68 valence electrons. The van der Waals surface area contributed by atoms with Crippen LogP contribution in [0.1, 0.15) is 0 Å². The highest BCUT2D eigenvalue weighted by Crippen LogP contribution is 2.06. The van der Waals surface area contributed by atoms with E-state index >= 15 is 0 Å². The average Bonchev–Trinajstić information content (AvgIpc) is 2.29. The lowest BCUT2D eigenvalue weighted by atomic mass is 10.1. The van der Waals surface area contributed by atoms with E-state index in [-0.39, 0.29) is 0 Å². The summed E-state index contributed by atoms with van der Waals surface area (Å²) in [5.74, 6) is 0. The van der Waals surface area contributed by atoms with Crippen LogP contribution in [-0.2, 0) is 0 Å². The fourth-order valence-electron chi connectivity index (χ4n) is 2.00. The van der Waals surface area contributed by atoms with Crippen molar-refractivity contribution in [3.05, 3.63) is 46.8 Å². The summed E-state index contributed by atoms with van der Waals surface area (Å²) in [6.45, 7) is 0.932. The Balaban J connectivity index is 2.60. The van der Waals surface area contributed by atoms with Crippen LogP contribution in [0.4, 0.5) is 0 Å². The largest absolute Gasteiger partial charge is 0.387 e. The molecule has 0 saturated carbocycles. The Labute approximate surface area is 82.4 Å². The number of nitrogens with one attached hydrogen (secondary N) is 1. The van der Waals surface area contributed by atoms with Crippen LogP contribution in [0.3, 0.4) is 0 Å². The molecule has 1 aliphatic heterocycles. The van der Waals surface area contributed by atoms with Crippen molar-refractivity contribution in [3.63, 3.8) is 0 Å². The zero-order valence-electron chi connectivity index (χ0n) is 7.83. The standard InChI is InChI=1S/C13H11N/c1-2-4-12-10(3-1)5-6-11-9-14-8-7-13(11)12/h1-7,9,14H,8H2. The first-order valence-electron chi connectivity index (χ1n) is 4.87. The molecule has 1 heteroatoms. The zero-order chi connectivity index (χ0) is 9.38. The Morgan fingerprint density at radius 2 is 1.93 bits per heavy atom. The zero-order valence-corrected chi connectivity index (χ0v) is 7.83. The smallest absolute Gasteiger partial charge is 0.0334 e. The van der Waals surface area contributed by atoms with Gasteiger partial charge in [0.05, 0.1) is 0 Å². The van der Waals surface area contributed by atoms with Gasteiger partial charge in [0.15, 0.2) is 0 Å². The number of hydrogen-bond acceptors (Lipinski definition) is 1. The van der Waals surface area contributed by atoms with Gasteiger partial charge in [-0.25, -0.2) is 0 Å². The van der Waals surface area contributed by atoms with Gasteiger partial charge < -0.3 is 5.32 Å². The van der Waals surface area contributed by atoms with Crippen LogP contribution < -0.4 is 15.8 Å². The van der Waals surface area contributed by atoms with E-state index in [0.29, 0.717) is 0 Å². The lowest BCUT2D eigenvalue weighted by Gasteiger charge is -2.05. The third kappa shape index (κ3) is 1.02. The SMILES string of the molecule is C1=c2ccc3ccccc3c2=CCN1. The molecule has 14 heavy (non-hydrogen) atoms. The summed E-state index contributed by atoms with van der Waals surface area (Å²) in [6.07, 6.45) is 4.33. The first-order valence-corrected chi connectivity index (χ1v) is 4.87. The summed E-state index contributed by atoms with van der Waals surface area (Å²) in [6, 6.07) is 12.9. The Morgan fingerprint density at radius 3 is 2.93 bits per heavy atom. The molecule has 2 aromatic rings. The topological polar surface area (TPSA) is 12.0 Å². The van der Waals surface area contributed by atoms with Gasteiger partial charge in [-0.05, 0) is 21.2 Å². The van der Waals surface area contributed by atoms with Crippen LogP contribution in [0.15, 0.2) is 36.4 Å². The van der Waals surface area contributed by atoms with Crippen LogP contribution in [-0.4, -0.2) is 6.54 Å². The summed E-state index contributed by atoms with van der Waals surface area (Å²) in [7, 11) is 0. The van der Waals surface area contributed by atoms with E-state index < -0.39 is 0 Å². The number of fused-ring (bicyclic) bond motifs is 3. The van der Waals surface area contributed by atoms with Gasteiger partial charge in [0, 0.05) is 12.7 Å². The van der Waals surface area contributed by atoms with E-state index in [9.17, 15) is 0 Å². The summed E-state index contributed by atoms with van der Waals surface area (Å²) in [5.41, 5.74) is 0. The van der Waals surface area contributed by atoms with Gasteiger partial charge in [-0.2, -0.15) is 0 Å². The number of rotatable bonds is 0. The fraction of sp³-hybridized carbons (Fsp3) is 0.0769. The third-order valence-electron chi connectivity index (χ3n) is 2.69. The van der Waals surface area contributed by atoms with Gasteiger partial charge in [0.2, 0.25) is 0 Å². The predicted octanol–water partition coefficient (Wildman–Crippen LogP) is 0.962. The first-order chi connectivity index (χ1) is 6.95. The molecule has 0 unspecified atom stereocenters. The van der Waals surface area contributed by atoms with Crippen molar-refractivity contribution in [2.24, 2.45) is 0 Å². The summed E-state index contributed by atoms with van der Waals surface area (Å²) in [5, 5.41) is 8.54. The minimum Gasteiger partial charge on any atom is -0.387 e. The van der Waals surface area contributed by atoms with Crippen LogP contribution in [0, 0.1) is 0 Å². The quantitative estimate of drug-likeness (QED) is 0.638. The maximum atomic E-state index is 3.23. The Hall–Kier alpha value is -1.76. The van der Waals surface area contributed by atoms with E-state index in [2.05, 4.69) is 54.0 Å². The molecule has 0 amide bonds. The highest BCUT2D eigenvalue weighted by molar-refractivity contribution is 5.84. The molecule has 1 heterocycles. The summed E-state index contributed by atoms with van der Waals surface area (Å²) < 4.78 is 0. The van der Waals surface area contributed by atoms with Crippen LogP contribution in [0.2, 0.25) is 0 Å². The van der Waals surface area contributed by atoms with Crippen molar-refractivity contribution in [1.29, 1.82) is 0 Å². The molecule has 0 spiro atoms. The molecule has 1 aliphatic rings. The van der Waals surface area contributed by atoms with Crippen molar-refractivity contribution >= 4 is 23.0 Å². The maximum absolute atomic E-state index is 3.23. The van der Waals surface area contributed by atoms with E-state index in [1.165, 1.54) is 21.2 Å². The second-order valence-electron chi connectivity index (χ2n) is 3.55. The van der Waals surface area contributed by atoms with Crippen molar-refractivity contribution in [3.8, 4) is 0 Å². The fourth-order valence-corrected chi connectivity index (χ4v) is 2.00. The third-order valence-corrected chi connectivity index (χ3v) is 2.69. The molecule has 1 nitrogen and oxygen atoms in total. The molecule has 0 aromatic heterocycles. The molecule has 0 aliphatic carbocycles. The highest BCUT2D eigenvalue weighted by atomic mass is 14.8. The molecule has 0 fully saturated rings. The average molecular weight is 181 g/mol. The molecular formula is C13H11N. The van der Waals surface area contributed by atoms with E-state index in [0.717, 1.165) is 6.54 Å². The molecule has 0 atom stereocenters. The lowest BCUT2D eigenvalue weighted by molar-refractivity contribution is 1.06. The van der Waals surface area contributed by atoms with E-state index in [4.69, 9.17) is 0 Å². The van der Waals surface area contributed by atoms with Crippen molar-refractivity contribution in [1.82, 2.24) is 5.32 Å². The minimum absolute atomic E-state index is 0.932. The normalized spacial score (nSPS) is 13.7. The number of benzene rings is 2. The Bertz CT molecular complexity index is 596.